The Bertz CT molecular complexity index is 1450. The number of piperidine rings is 1. The van der Waals surface area contributed by atoms with Gasteiger partial charge in [-0.3, -0.25) is 9.69 Å². The van der Waals surface area contributed by atoms with Crippen LogP contribution in [-0.2, 0) is 24.3 Å². The first-order valence-electron chi connectivity index (χ1n) is 13.9. The molecule has 39 heavy (non-hydrogen) atoms. The van der Waals surface area contributed by atoms with Crippen molar-refractivity contribution in [2.45, 2.75) is 44.9 Å². The van der Waals surface area contributed by atoms with E-state index in [2.05, 4.69) is 44.5 Å². The van der Waals surface area contributed by atoms with E-state index in [1.165, 1.54) is 17.5 Å². The van der Waals surface area contributed by atoms with Gasteiger partial charge < -0.3 is 19.9 Å². The molecule has 0 spiro atoms. The second kappa shape index (κ2) is 11.5. The van der Waals surface area contributed by atoms with Gasteiger partial charge in [-0.2, -0.15) is 0 Å². The lowest BCUT2D eigenvalue weighted by Gasteiger charge is -2.30. The largest absolute Gasteiger partial charge is 0.390 e. The number of likely N-dealkylation sites (tertiary alicyclic amines) is 1. The third kappa shape index (κ3) is 5.94. The van der Waals surface area contributed by atoms with E-state index in [0.717, 1.165) is 62.0 Å². The van der Waals surface area contributed by atoms with Gasteiger partial charge in [0.2, 0.25) is 5.91 Å². The Morgan fingerprint density at radius 3 is 2.74 bits per heavy atom. The normalized spacial score (nSPS) is 16.7. The van der Waals surface area contributed by atoms with Crippen LogP contribution in [0.2, 0.25) is 0 Å². The number of hydrogen-bond donors (Lipinski definition) is 2. The first-order valence-corrected chi connectivity index (χ1v) is 13.9. The van der Waals surface area contributed by atoms with Gasteiger partial charge in [0.05, 0.1) is 6.10 Å². The van der Waals surface area contributed by atoms with Crippen LogP contribution >= 0.6 is 0 Å². The summed E-state index contributed by atoms with van der Waals surface area (Å²) in [4.78, 5) is 30.9. The highest BCUT2D eigenvalue weighted by Gasteiger charge is 2.20. The molecule has 1 aromatic carbocycles. The molecular formula is C30H35N7O2. The number of fused-ring (bicyclic) bond motifs is 2. The van der Waals surface area contributed by atoms with Gasteiger partial charge in [0.15, 0.2) is 5.82 Å². The predicted molar refractivity (Wildman–Crippen MR) is 151 cm³/mol. The van der Waals surface area contributed by atoms with Crippen LogP contribution in [0.15, 0.2) is 61.1 Å². The van der Waals surface area contributed by atoms with Gasteiger partial charge in [-0.1, -0.05) is 24.3 Å². The summed E-state index contributed by atoms with van der Waals surface area (Å²) in [7, 11) is 0. The average Bonchev–Trinajstić information content (AvgIpc) is 3.38. The summed E-state index contributed by atoms with van der Waals surface area (Å²) < 4.78 is 1.91. The highest BCUT2D eigenvalue weighted by molar-refractivity contribution is 5.81. The molecule has 2 aliphatic rings. The monoisotopic (exact) mass is 525 g/mol. The summed E-state index contributed by atoms with van der Waals surface area (Å²) in [5, 5.41) is 14.9. The minimum atomic E-state index is -0.519. The van der Waals surface area contributed by atoms with E-state index >= 15 is 0 Å². The number of aliphatic hydroxyl groups is 1. The molecule has 1 amide bonds. The topological polar surface area (TPSA) is 99.4 Å². The number of benzene rings is 1. The van der Waals surface area contributed by atoms with Gasteiger partial charge in [-0.05, 0) is 55.0 Å². The smallest absolute Gasteiger partial charge is 0.242 e. The van der Waals surface area contributed by atoms with Crippen molar-refractivity contribution in [3.63, 3.8) is 0 Å². The first-order chi connectivity index (χ1) is 19.1. The van der Waals surface area contributed by atoms with Crippen molar-refractivity contribution < 1.29 is 9.90 Å². The second-order valence-electron chi connectivity index (χ2n) is 10.6. The number of aromatic nitrogens is 4. The van der Waals surface area contributed by atoms with E-state index in [1.54, 1.807) is 12.4 Å². The van der Waals surface area contributed by atoms with Crippen LogP contribution in [0.25, 0.3) is 22.4 Å². The first kappa shape index (κ1) is 25.5. The number of β-amino-alcohol motifs (C(OH)–C–C–N with tert-alkyl or cyclic N) is 1. The Morgan fingerprint density at radius 2 is 1.87 bits per heavy atom. The average molecular weight is 526 g/mol. The molecule has 9 nitrogen and oxygen atoms in total. The minimum Gasteiger partial charge on any atom is -0.390 e. The molecule has 1 fully saturated rings. The van der Waals surface area contributed by atoms with Crippen LogP contribution in [-0.4, -0.2) is 79.2 Å². The summed E-state index contributed by atoms with van der Waals surface area (Å²) >= 11 is 0. The maximum Gasteiger partial charge on any atom is 0.242 e. The molecule has 2 N–H and O–H groups in total. The van der Waals surface area contributed by atoms with Gasteiger partial charge in [-0.25, -0.2) is 15.0 Å². The summed E-state index contributed by atoms with van der Waals surface area (Å²) in [6, 6.07) is 14.3. The number of carbonyl (C=O) groups excluding carboxylic acids is 1. The molecule has 5 heterocycles. The number of anilines is 1. The fourth-order valence-electron chi connectivity index (χ4n) is 5.59. The fraction of sp³-hybridized carbons (Fsp3) is 0.400. The van der Waals surface area contributed by atoms with Crippen LogP contribution < -0.4 is 5.32 Å². The van der Waals surface area contributed by atoms with E-state index in [-0.39, 0.29) is 12.5 Å². The molecule has 0 saturated carbocycles. The number of aliphatic hydroxyl groups excluding tert-OH is 1. The van der Waals surface area contributed by atoms with Gasteiger partial charge in [0, 0.05) is 68.8 Å². The van der Waals surface area contributed by atoms with Crippen LogP contribution in [0.5, 0.6) is 0 Å². The van der Waals surface area contributed by atoms with E-state index in [0.29, 0.717) is 24.7 Å². The van der Waals surface area contributed by atoms with E-state index in [4.69, 9.17) is 4.98 Å². The molecule has 1 saturated heterocycles. The Morgan fingerprint density at radius 1 is 1.03 bits per heavy atom. The van der Waals surface area contributed by atoms with Crippen molar-refractivity contribution in [2.24, 2.45) is 0 Å². The highest BCUT2D eigenvalue weighted by atomic mass is 16.3. The molecule has 4 aromatic rings. The molecule has 2 aliphatic heterocycles. The maximum atomic E-state index is 12.8. The van der Waals surface area contributed by atoms with Crippen LogP contribution in [0.3, 0.4) is 0 Å². The number of pyridine rings is 1. The number of nitrogens with one attached hydrogen (secondary N) is 1. The van der Waals surface area contributed by atoms with E-state index in [9.17, 15) is 9.90 Å². The van der Waals surface area contributed by atoms with Gasteiger partial charge in [0.1, 0.15) is 18.0 Å². The lowest BCUT2D eigenvalue weighted by atomic mass is 10.00. The molecule has 0 radical (unpaired) electrons. The molecule has 0 bridgehead atoms. The molecule has 3 aromatic heterocycles. The standard InChI is InChI=1S/C30H35N7O2/c38-26(20-35-14-9-22-6-2-3-7-25(22)19-35)18-32-27-16-23(8-11-31-27)29-33-17-24-10-15-37(30(24)34-29)21-28(39)36-12-4-1-5-13-36/h2-3,6-8,10-11,15-17,26,38H,1,4-5,9,12-14,18-21H2,(H,31,32). The quantitative estimate of drug-likeness (QED) is 0.364. The zero-order valence-electron chi connectivity index (χ0n) is 22.2. The van der Waals surface area contributed by atoms with Crippen molar-refractivity contribution >= 4 is 22.8 Å². The lowest BCUT2D eigenvalue weighted by molar-refractivity contribution is -0.132. The molecular weight excluding hydrogens is 490 g/mol. The van der Waals surface area contributed by atoms with Crippen molar-refractivity contribution in [3.8, 4) is 11.4 Å². The summed E-state index contributed by atoms with van der Waals surface area (Å²) in [5.41, 5.74) is 4.32. The molecule has 0 aliphatic carbocycles. The molecule has 1 unspecified atom stereocenters. The number of carbonyl (C=O) groups is 1. The molecule has 6 rings (SSSR count). The van der Waals surface area contributed by atoms with Crippen molar-refractivity contribution in [1.82, 2.24) is 29.3 Å². The zero-order valence-corrected chi connectivity index (χ0v) is 22.2. The second-order valence-corrected chi connectivity index (χ2v) is 10.6. The van der Waals surface area contributed by atoms with E-state index < -0.39 is 6.10 Å². The van der Waals surface area contributed by atoms with Crippen molar-refractivity contribution in [1.29, 1.82) is 0 Å². The van der Waals surface area contributed by atoms with Crippen molar-refractivity contribution in [2.75, 3.05) is 38.0 Å². The number of nitrogens with zero attached hydrogens (tertiary/aromatic N) is 6. The Kier molecular flexibility index (Phi) is 7.51. The lowest BCUT2D eigenvalue weighted by Crippen LogP contribution is -2.39. The summed E-state index contributed by atoms with van der Waals surface area (Å²) in [5.74, 6) is 1.37. The van der Waals surface area contributed by atoms with Crippen LogP contribution in [0.1, 0.15) is 30.4 Å². The van der Waals surface area contributed by atoms with Gasteiger partial charge >= 0.3 is 0 Å². The van der Waals surface area contributed by atoms with Crippen LogP contribution in [0.4, 0.5) is 5.82 Å². The minimum absolute atomic E-state index is 0.134. The van der Waals surface area contributed by atoms with Gasteiger partial charge in [-0.15, -0.1) is 0 Å². The molecule has 202 valence electrons. The number of hydrogen-bond acceptors (Lipinski definition) is 7. The Hall–Kier alpha value is -3.82. The fourth-order valence-corrected chi connectivity index (χ4v) is 5.59. The molecule has 9 heteroatoms. The highest BCUT2D eigenvalue weighted by Crippen LogP contribution is 2.22. The van der Waals surface area contributed by atoms with Crippen LogP contribution in [0, 0.1) is 0 Å². The number of rotatable bonds is 8. The third-order valence-electron chi connectivity index (χ3n) is 7.73. The summed E-state index contributed by atoms with van der Waals surface area (Å²) in [6.45, 7) is 4.78. The summed E-state index contributed by atoms with van der Waals surface area (Å²) in [6.07, 6.45) is 9.27. The zero-order chi connectivity index (χ0) is 26.6. The van der Waals surface area contributed by atoms with Crippen molar-refractivity contribution in [3.05, 3.63) is 72.2 Å². The number of amides is 1. The third-order valence-corrected chi connectivity index (χ3v) is 7.73. The maximum absolute atomic E-state index is 12.8. The predicted octanol–water partition coefficient (Wildman–Crippen LogP) is 3.34. The Labute approximate surface area is 228 Å². The Balaban J connectivity index is 1.09. The van der Waals surface area contributed by atoms with E-state index in [1.807, 2.05) is 33.9 Å². The SMILES string of the molecule is O=C(Cn1ccc2cnc(-c3ccnc(NCC(O)CN4CCc5ccccc5C4)c3)nc21)N1CCCCC1. The molecule has 1 atom stereocenters. The van der Waals surface area contributed by atoms with Gasteiger partial charge in [0.25, 0.3) is 0 Å².